The fourth-order valence-electron chi connectivity index (χ4n) is 2.55. The molecule has 19 heavy (non-hydrogen) atoms. The van der Waals surface area contributed by atoms with Crippen molar-refractivity contribution in [3.63, 3.8) is 0 Å². The van der Waals surface area contributed by atoms with Gasteiger partial charge < -0.3 is 9.68 Å². The fourth-order valence-corrected chi connectivity index (χ4v) is 2.55. The van der Waals surface area contributed by atoms with Crippen LogP contribution in [0, 0.1) is 0 Å². The highest BCUT2D eigenvalue weighted by Crippen LogP contribution is 2.41. The molecule has 0 radical (unpaired) electrons. The summed E-state index contributed by atoms with van der Waals surface area (Å²) in [6.45, 7) is 8.11. The first-order valence-corrected chi connectivity index (χ1v) is 6.40. The van der Waals surface area contributed by atoms with Gasteiger partial charge in [-0.3, -0.25) is 0 Å². The van der Waals surface area contributed by atoms with Crippen molar-refractivity contribution in [2.24, 2.45) is 0 Å². The second-order valence-electron chi connectivity index (χ2n) is 4.82. The molecule has 0 saturated carbocycles. The molecule has 1 N–H and O–H groups in total. The number of fused-ring (bicyclic) bond motifs is 1. The maximum absolute atomic E-state index is 10.0. The first-order valence-electron chi connectivity index (χ1n) is 6.40. The van der Waals surface area contributed by atoms with Crippen LogP contribution in [0.1, 0.15) is 18.4 Å². The van der Waals surface area contributed by atoms with Crippen LogP contribution in [-0.4, -0.2) is 12.1 Å². The van der Waals surface area contributed by atoms with Crippen LogP contribution in [0.3, 0.4) is 0 Å². The lowest BCUT2D eigenvalue weighted by Crippen LogP contribution is -2.30. The average Bonchev–Trinajstić information content (AvgIpc) is 2.42. The van der Waals surface area contributed by atoms with Gasteiger partial charge >= 0.3 is 7.12 Å². The second-order valence-corrected chi connectivity index (χ2v) is 4.82. The number of hydrogen-bond acceptors (Lipinski definition) is 2. The van der Waals surface area contributed by atoms with Crippen LogP contribution in [-0.2, 0) is 0 Å². The van der Waals surface area contributed by atoms with E-state index in [-0.39, 0.29) is 0 Å². The highest BCUT2D eigenvalue weighted by Gasteiger charge is 2.33. The Kier molecular flexibility index (Phi) is 2.92. The number of para-hydroxylation sites is 1. The maximum atomic E-state index is 10.0. The smallest absolute Gasteiger partial charge is 0.532 e. The van der Waals surface area contributed by atoms with Crippen molar-refractivity contribution in [1.29, 1.82) is 0 Å². The molecule has 0 fully saturated rings. The highest BCUT2D eigenvalue weighted by atomic mass is 16.5. The van der Waals surface area contributed by atoms with Crippen LogP contribution in [0.25, 0.3) is 5.57 Å². The standard InChI is InChI=1S/C16H15BO2/c1-11-7-3-4-8-13(11)16-12(2)17(18)19-15-10-6-5-9-14(15)16/h4-6,8-10,18H,1-3,7H2/b16-13+. The molecule has 0 bridgehead atoms. The van der Waals surface area contributed by atoms with E-state index in [1.165, 1.54) is 0 Å². The van der Waals surface area contributed by atoms with Gasteiger partial charge in [0.1, 0.15) is 5.75 Å². The van der Waals surface area contributed by atoms with E-state index >= 15 is 0 Å². The molecule has 1 heterocycles. The zero-order valence-corrected chi connectivity index (χ0v) is 10.7. The third-order valence-corrected chi connectivity index (χ3v) is 3.56. The van der Waals surface area contributed by atoms with Crippen molar-refractivity contribution in [3.05, 3.63) is 71.8 Å². The molecule has 3 heteroatoms. The molecule has 2 aliphatic rings. The Labute approximate surface area is 113 Å². The van der Waals surface area contributed by atoms with Crippen molar-refractivity contribution < 1.29 is 9.68 Å². The Morgan fingerprint density at radius 3 is 2.79 bits per heavy atom. The van der Waals surface area contributed by atoms with Gasteiger partial charge in [-0.1, -0.05) is 43.5 Å². The molecule has 1 aliphatic carbocycles. The Morgan fingerprint density at radius 1 is 1.21 bits per heavy atom. The molecular formula is C16H15BO2. The zero-order valence-electron chi connectivity index (χ0n) is 10.7. The normalized spacial score (nSPS) is 22.3. The summed E-state index contributed by atoms with van der Waals surface area (Å²) in [5.74, 6) is 0.691. The van der Waals surface area contributed by atoms with Gasteiger partial charge in [0.2, 0.25) is 0 Å². The average molecular weight is 250 g/mol. The molecule has 0 saturated heterocycles. The van der Waals surface area contributed by atoms with Gasteiger partial charge in [0.25, 0.3) is 0 Å². The van der Waals surface area contributed by atoms with E-state index in [4.69, 9.17) is 4.65 Å². The minimum atomic E-state index is -0.986. The van der Waals surface area contributed by atoms with Gasteiger partial charge in [-0.25, -0.2) is 0 Å². The molecule has 0 spiro atoms. The molecule has 0 aromatic heterocycles. The molecular weight excluding hydrogens is 235 g/mol. The number of rotatable bonds is 0. The van der Waals surface area contributed by atoms with Crippen molar-refractivity contribution in [3.8, 4) is 5.75 Å². The predicted molar refractivity (Wildman–Crippen MR) is 78.6 cm³/mol. The van der Waals surface area contributed by atoms with Gasteiger partial charge in [0.05, 0.1) is 0 Å². The molecule has 1 aliphatic heterocycles. The topological polar surface area (TPSA) is 29.5 Å². The minimum absolute atomic E-state index is 0.599. The van der Waals surface area contributed by atoms with Crippen LogP contribution in [0.5, 0.6) is 5.75 Å². The summed E-state index contributed by atoms with van der Waals surface area (Å²) >= 11 is 0. The SMILES string of the molecule is C=C1CCC=C/C1=C1/C(=C)B(O)Oc2ccccc21. The lowest BCUT2D eigenvalue weighted by atomic mass is 9.68. The predicted octanol–water partition coefficient (Wildman–Crippen LogP) is 3.31. The molecule has 0 unspecified atom stereocenters. The number of allylic oxidation sites excluding steroid dienone is 6. The summed E-state index contributed by atoms with van der Waals surface area (Å²) in [6, 6.07) is 7.71. The van der Waals surface area contributed by atoms with Gasteiger partial charge in [0, 0.05) is 5.56 Å². The molecule has 3 rings (SSSR count). The molecule has 0 atom stereocenters. The van der Waals surface area contributed by atoms with E-state index in [0.29, 0.717) is 11.2 Å². The summed E-state index contributed by atoms with van der Waals surface area (Å²) in [6.07, 6.45) is 6.17. The molecule has 1 aromatic carbocycles. The third-order valence-electron chi connectivity index (χ3n) is 3.56. The fraction of sp³-hybridized carbons (Fsp3) is 0.125. The number of hydrogen-bond donors (Lipinski definition) is 1. The third kappa shape index (κ3) is 1.96. The molecule has 2 nitrogen and oxygen atoms in total. The minimum Gasteiger partial charge on any atom is -0.532 e. The van der Waals surface area contributed by atoms with Crippen LogP contribution >= 0.6 is 0 Å². The second kappa shape index (κ2) is 4.59. The maximum Gasteiger partial charge on any atom is 0.560 e. The monoisotopic (exact) mass is 250 g/mol. The van der Waals surface area contributed by atoms with E-state index in [0.717, 1.165) is 35.1 Å². The van der Waals surface area contributed by atoms with Crippen molar-refractivity contribution >= 4 is 12.7 Å². The summed E-state index contributed by atoms with van der Waals surface area (Å²) < 4.78 is 5.47. The molecule has 94 valence electrons. The van der Waals surface area contributed by atoms with Crippen LogP contribution in [0.15, 0.2) is 66.2 Å². The van der Waals surface area contributed by atoms with E-state index in [1.54, 1.807) is 0 Å². The highest BCUT2D eigenvalue weighted by molar-refractivity contribution is 6.58. The van der Waals surface area contributed by atoms with Crippen molar-refractivity contribution in [2.75, 3.05) is 0 Å². The van der Waals surface area contributed by atoms with Crippen LogP contribution < -0.4 is 4.65 Å². The quantitative estimate of drug-likeness (QED) is 0.716. The van der Waals surface area contributed by atoms with E-state index < -0.39 is 7.12 Å². The summed E-state index contributed by atoms with van der Waals surface area (Å²) in [7, 11) is -0.986. The zero-order chi connectivity index (χ0) is 13.4. The van der Waals surface area contributed by atoms with E-state index in [9.17, 15) is 5.02 Å². The van der Waals surface area contributed by atoms with Gasteiger partial charge in [0.15, 0.2) is 0 Å². The number of benzene rings is 1. The van der Waals surface area contributed by atoms with E-state index in [2.05, 4.69) is 25.3 Å². The first kappa shape index (κ1) is 12.1. The van der Waals surface area contributed by atoms with Crippen LogP contribution in [0.2, 0.25) is 0 Å². The summed E-state index contributed by atoms with van der Waals surface area (Å²) in [5.41, 5.74) is 4.67. The van der Waals surface area contributed by atoms with Gasteiger partial charge in [-0.15, -0.1) is 0 Å². The van der Waals surface area contributed by atoms with Gasteiger partial charge in [-0.05, 0) is 41.1 Å². The lowest BCUT2D eigenvalue weighted by Gasteiger charge is -2.27. The van der Waals surface area contributed by atoms with E-state index in [1.807, 2.05) is 24.3 Å². The largest absolute Gasteiger partial charge is 0.560 e. The Balaban J connectivity index is 2.27. The Bertz CT molecular complexity index is 625. The van der Waals surface area contributed by atoms with Gasteiger partial charge in [-0.2, -0.15) is 0 Å². The summed E-state index contributed by atoms with van der Waals surface area (Å²) in [5, 5.41) is 10.0. The molecule has 0 amide bonds. The Hall–Kier alpha value is -2.00. The van der Waals surface area contributed by atoms with Crippen LogP contribution in [0.4, 0.5) is 0 Å². The van der Waals surface area contributed by atoms with Crippen molar-refractivity contribution in [2.45, 2.75) is 12.8 Å². The lowest BCUT2D eigenvalue weighted by molar-refractivity contribution is 0.424. The van der Waals surface area contributed by atoms with Crippen molar-refractivity contribution in [1.82, 2.24) is 0 Å². The first-order chi connectivity index (χ1) is 9.18. The summed E-state index contributed by atoms with van der Waals surface area (Å²) in [4.78, 5) is 0. The Morgan fingerprint density at radius 2 is 2.00 bits per heavy atom. The molecule has 1 aromatic rings.